The Hall–Kier alpha value is 0.0649. The summed E-state index contributed by atoms with van der Waals surface area (Å²) >= 11 is 0. The van der Waals surface area contributed by atoms with E-state index in [-0.39, 0.29) is 0 Å². The van der Waals surface area contributed by atoms with E-state index in [2.05, 4.69) is 21.1 Å². The van der Waals surface area contributed by atoms with E-state index in [9.17, 15) is 0 Å². The standard InChI is InChI=1S/C12H24B/c1-11(2)13-12-9-7-5-3-4-6-8-10-12/h11-12H,3-10H2,1-2H3. The molecule has 1 fully saturated rings. The molecule has 0 saturated heterocycles. The minimum absolute atomic E-state index is 0.783. The van der Waals surface area contributed by atoms with Gasteiger partial charge < -0.3 is 0 Å². The monoisotopic (exact) mass is 179 g/mol. The summed E-state index contributed by atoms with van der Waals surface area (Å²) < 4.78 is 0. The van der Waals surface area contributed by atoms with Crippen LogP contribution in [0.4, 0.5) is 0 Å². The molecule has 0 aromatic rings. The average Bonchev–Trinajstić information content (AvgIpc) is 2.17. The summed E-state index contributed by atoms with van der Waals surface area (Å²) in [6.45, 7) is 4.62. The van der Waals surface area contributed by atoms with Crippen molar-refractivity contribution in [2.45, 2.75) is 76.8 Å². The molecule has 75 valence electrons. The molecule has 1 radical (unpaired) electrons. The van der Waals surface area contributed by atoms with E-state index in [0.717, 1.165) is 11.6 Å². The first kappa shape index (κ1) is 11.1. The van der Waals surface area contributed by atoms with Crippen LogP contribution >= 0.6 is 0 Å². The Morgan fingerprint density at radius 2 is 1.31 bits per heavy atom. The second kappa shape index (κ2) is 6.51. The Morgan fingerprint density at radius 3 is 1.77 bits per heavy atom. The van der Waals surface area contributed by atoms with Crippen molar-refractivity contribution in [1.82, 2.24) is 0 Å². The summed E-state index contributed by atoms with van der Waals surface area (Å²) in [4.78, 5) is 0. The van der Waals surface area contributed by atoms with Gasteiger partial charge in [0.25, 0.3) is 0 Å². The van der Waals surface area contributed by atoms with Gasteiger partial charge >= 0.3 is 0 Å². The van der Waals surface area contributed by atoms with Crippen LogP contribution in [0.3, 0.4) is 0 Å². The lowest BCUT2D eigenvalue weighted by Crippen LogP contribution is -2.06. The van der Waals surface area contributed by atoms with Crippen LogP contribution < -0.4 is 0 Å². The second-order valence-electron chi connectivity index (χ2n) is 4.90. The molecule has 13 heavy (non-hydrogen) atoms. The molecule has 1 aliphatic rings. The van der Waals surface area contributed by atoms with Crippen molar-refractivity contribution in [2.24, 2.45) is 0 Å². The molecule has 1 rings (SSSR count). The molecular formula is C12H24B. The molecule has 0 spiro atoms. The second-order valence-corrected chi connectivity index (χ2v) is 4.90. The van der Waals surface area contributed by atoms with Gasteiger partial charge in [0.2, 0.25) is 0 Å². The number of hydrogen-bond acceptors (Lipinski definition) is 0. The molecule has 0 aromatic carbocycles. The van der Waals surface area contributed by atoms with Gasteiger partial charge in [-0.15, -0.1) is 0 Å². The summed E-state index contributed by atoms with van der Waals surface area (Å²) in [6.07, 6.45) is 11.8. The van der Waals surface area contributed by atoms with Gasteiger partial charge in [-0.25, -0.2) is 0 Å². The molecule has 0 N–H and O–H groups in total. The summed E-state index contributed by atoms with van der Waals surface area (Å²) in [6, 6.07) is 0. The zero-order valence-electron chi connectivity index (χ0n) is 9.39. The SMILES string of the molecule is CC(C)[B]C1CCCCCCCC1. The van der Waals surface area contributed by atoms with E-state index < -0.39 is 0 Å². The van der Waals surface area contributed by atoms with Crippen LogP contribution in [-0.4, -0.2) is 7.28 Å². The highest BCUT2D eigenvalue weighted by molar-refractivity contribution is 6.39. The molecule has 1 aliphatic carbocycles. The predicted molar refractivity (Wildman–Crippen MR) is 61.5 cm³/mol. The van der Waals surface area contributed by atoms with Gasteiger partial charge in [0.1, 0.15) is 7.28 Å². The first-order valence-electron chi connectivity index (χ1n) is 6.14. The first-order chi connectivity index (χ1) is 6.29. The molecule has 1 heteroatoms. The lowest BCUT2D eigenvalue weighted by molar-refractivity contribution is 0.613. The fourth-order valence-corrected chi connectivity index (χ4v) is 2.40. The van der Waals surface area contributed by atoms with Crippen LogP contribution in [0, 0.1) is 0 Å². The maximum atomic E-state index is 2.57. The minimum atomic E-state index is 0.783. The summed E-state index contributed by atoms with van der Waals surface area (Å²) in [5.41, 5.74) is 0. The molecule has 0 amide bonds. The van der Waals surface area contributed by atoms with Crippen LogP contribution in [0.1, 0.15) is 65.2 Å². The van der Waals surface area contributed by atoms with Gasteiger partial charge in [0.05, 0.1) is 0 Å². The van der Waals surface area contributed by atoms with Crippen LogP contribution in [-0.2, 0) is 0 Å². The fourth-order valence-electron chi connectivity index (χ4n) is 2.40. The van der Waals surface area contributed by atoms with E-state index in [0.29, 0.717) is 0 Å². The van der Waals surface area contributed by atoms with E-state index in [4.69, 9.17) is 0 Å². The molecule has 1 saturated carbocycles. The normalized spacial score (nSPS) is 22.1. The molecule has 0 nitrogen and oxygen atoms in total. The smallest absolute Gasteiger partial charge is 0.0742 e. The zero-order chi connectivity index (χ0) is 9.52. The highest BCUT2D eigenvalue weighted by Crippen LogP contribution is 2.27. The minimum Gasteiger partial charge on any atom is -0.0742 e. The van der Waals surface area contributed by atoms with Crippen LogP contribution in [0.5, 0.6) is 0 Å². The van der Waals surface area contributed by atoms with Crippen molar-refractivity contribution < 1.29 is 0 Å². The highest BCUT2D eigenvalue weighted by Gasteiger charge is 2.13. The molecular weight excluding hydrogens is 155 g/mol. The highest BCUT2D eigenvalue weighted by atomic mass is 14.1. The van der Waals surface area contributed by atoms with Crippen molar-refractivity contribution in [2.75, 3.05) is 0 Å². The first-order valence-corrected chi connectivity index (χ1v) is 6.14. The third-order valence-corrected chi connectivity index (χ3v) is 3.06. The topological polar surface area (TPSA) is 0 Å². The summed E-state index contributed by atoms with van der Waals surface area (Å²) in [5.74, 6) is 1.71. The zero-order valence-corrected chi connectivity index (χ0v) is 9.39. The molecule has 0 aromatic heterocycles. The molecule has 0 bridgehead atoms. The van der Waals surface area contributed by atoms with E-state index in [1.807, 2.05) is 0 Å². The van der Waals surface area contributed by atoms with Gasteiger partial charge in [0.15, 0.2) is 0 Å². The Balaban J connectivity index is 2.24. The Labute approximate surface area is 84.7 Å². The van der Waals surface area contributed by atoms with Crippen molar-refractivity contribution in [3.05, 3.63) is 0 Å². The molecule has 0 atom stereocenters. The number of hydrogen-bond donors (Lipinski definition) is 0. The van der Waals surface area contributed by atoms with Gasteiger partial charge in [-0.1, -0.05) is 76.8 Å². The molecule has 0 aliphatic heterocycles. The molecule has 0 unspecified atom stereocenters. The third-order valence-electron chi connectivity index (χ3n) is 3.06. The summed E-state index contributed by atoms with van der Waals surface area (Å²) in [5, 5.41) is 0. The maximum Gasteiger partial charge on any atom is 0.117 e. The quantitative estimate of drug-likeness (QED) is 0.549. The van der Waals surface area contributed by atoms with E-state index in [1.165, 1.54) is 51.4 Å². The summed E-state index contributed by atoms with van der Waals surface area (Å²) in [7, 11) is 2.57. The Morgan fingerprint density at radius 1 is 0.846 bits per heavy atom. The third kappa shape index (κ3) is 5.39. The lowest BCUT2D eigenvalue weighted by atomic mass is 9.53. The molecule has 0 heterocycles. The van der Waals surface area contributed by atoms with E-state index >= 15 is 0 Å². The maximum absolute atomic E-state index is 2.57. The lowest BCUT2D eigenvalue weighted by Gasteiger charge is -2.16. The predicted octanol–water partition coefficient (Wildman–Crippen LogP) is 4.44. The van der Waals surface area contributed by atoms with Gasteiger partial charge in [0, 0.05) is 0 Å². The largest absolute Gasteiger partial charge is 0.117 e. The van der Waals surface area contributed by atoms with Crippen molar-refractivity contribution in [3.8, 4) is 0 Å². The van der Waals surface area contributed by atoms with Crippen LogP contribution in [0.25, 0.3) is 0 Å². The Kier molecular flexibility index (Phi) is 5.58. The van der Waals surface area contributed by atoms with Crippen LogP contribution in [0.15, 0.2) is 0 Å². The fraction of sp³-hybridized carbons (Fsp3) is 1.00. The average molecular weight is 179 g/mol. The van der Waals surface area contributed by atoms with E-state index in [1.54, 1.807) is 0 Å². The van der Waals surface area contributed by atoms with Gasteiger partial charge in [-0.3, -0.25) is 0 Å². The van der Waals surface area contributed by atoms with Crippen LogP contribution in [0.2, 0.25) is 11.6 Å². The number of rotatable bonds is 2. The van der Waals surface area contributed by atoms with Gasteiger partial charge in [-0.2, -0.15) is 0 Å². The Bertz CT molecular complexity index is 110. The van der Waals surface area contributed by atoms with Crippen molar-refractivity contribution in [1.29, 1.82) is 0 Å². The van der Waals surface area contributed by atoms with Crippen molar-refractivity contribution in [3.63, 3.8) is 0 Å². The van der Waals surface area contributed by atoms with Crippen molar-refractivity contribution >= 4 is 7.28 Å². The van der Waals surface area contributed by atoms with Gasteiger partial charge in [-0.05, 0) is 0 Å².